The molecule has 0 aliphatic carbocycles. The average molecular weight is 289 g/mol. The molecule has 2 rings (SSSR count). The summed E-state index contributed by atoms with van der Waals surface area (Å²) in [6.45, 7) is 8.66. The summed E-state index contributed by atoms with van der Waals surface area (Å²) < 4.78 is 5.88. The summed E-state index contributed by atoms with van der Waals surface area (Å²) in [4.78, 5) is 11.1. The Balaban J connectivity index is 2.46. The van der Waals surface area contributed by atoms with Gasteiger partial charge in [0.15, 0.2) is 5.60 Å². The van der Waals surface area contributed by atoms with Crippen LogP contribution >= 0.6 is 11.3 Å². The second-order valence-corrected chi connectivity index (χ2v) is 6.35. The molecule has 106 valence electrons. The van der Waals surface area contributed by atoms with Gasteiger partial charge in [0.2, 0.25) is 11.8 Å². The maximum Gasteiger partial charge on any atom is 0.228 e. The topological polar surface area (TPSA) is 47.0 Å². The van der Waals surface area contributed by atoms with Crippen molar-refractivity contribution in [3.05, 3.63) is 10.9 Å². The van der Waals surface area contributed by atoms with Gasteiger partial charge < -0.3 is 10.1 Å². The van der Waals surface area contributed by atoms with E-state index >= 15 is 0 Å². The quantitative estimate of drug-likeness (QED) is 0.854. The number of aromatic nitrogens is 2. The average Bonchev–Trinajstić information content (AvgIpc) is 2.77. The van der Waals surface area contributed by atoms with E-state index in [4.69, 9.17) is 11.2 Å². The first-order chi connectivity index (χ1) is 9.45. The van der Waals surface area contributed by atoms with Crippen LogP contribution in [0.3, 0.4) is 0 Å². The largest absolute Gasteiger partial charge is 0.458 e. The van der Waals surface area contributed by atoms with E-state index in [2.05, 4.69) is 28.1 Å². The molecule has 0 unspecified atom stereocenters. The molecule has 2 heterocycles. The molecule has 0 saturated heterocycles. The van der Waals surface area contributed by atoms with Crippen molar-refractivity contribution in [2.45, 2.75) is 39.7 Å². The van der Waals surface area contributed by atoms with Crippen LogP contribution in [-0.2, 0) is 0 Å². The molecular weight excluding hydrogens is 270 g/mol. The molecule has 0 fully saturated rings. The summed E-state index contributed by atoms with van der Waals surface area (Å²) in [6, 6.07) is 2.03. The number of thiophene rings is 1. The molecule has 0 radical (unpaired) electrons. The lowest BCUT2D eigenvalue weighted by Crippen LogP contribution is -2.26. The van der Waals surface area contributed by atoms with Crippen LogP contribution in [0.25, 0.3) is 10.2 Å². The lowest BCUT2D eigenvalue weighted by molar-refractivity contribution is 0.167. The van der Waals surface area contributed by atoms with Crippen molar-refractivity contribution >= 4 is 27.5 Å². The number of ether oxygens (including phenoxy) is 1. The lowest BCUT2D eigenvalue weighted by atomic mass is 10.1. The zero-order valence-electron chi connectivity index (χ0n) is 12.3. The van der Waals surface area contributed by atoms with Crippen LogP contribution in [0.15, 0.2) is 6.07 Å². The van der Waals surface area contributed by atoms with Gasteiger partial charge in [-0.05, 0) is 33.3 Å². The molecule has 0 saturated carbocycles. The molecule has 0 spiro atoms. The summed E-state index contributed by atoms with van der Waals surface area (Å²) in [5.41, 5.74) is -0.695. The first kappa shape index (κ1) is 14.6. The Morgan fingerprint density at radius 3 is 2.85 bits per heavy atom. The zero-order chi connectivity index (χ0) is 14.8. The van der Waals surface area contributed by atoms with Gasteiger partial charge in [-0.25, -0.2) is 4.98 Å². The van der Waals surface area contributed by atoms with E-state index in [1.807, 2.05) is 26.8 Å². The van der Waals surface area contributed by atoms with E-state index in [0.717, 1.165) is 23.2 Å². The highest BCUT2D eigenvalue weighted by molar-refractivity contribution is 7.18. The van der Waals surface area contributed by atoms with Crippen LogP contribution in [0.4, 0.5) is 5.95 Å². The molecule has 0 aromatic carbocycles. The fraction of sp³-hybridized carbons (Fsp3) is 0.467. The third-order valence-electron chi connectivity index (χ3n) is 2.71. The van der Waals surface area contributed by atoms with E-state index in [1.165, 1.54) is 4.88 Å². The molecule has 20 heavy (non-hydrogen) atoms. The van der Waals surface area contributed by atoms with Gasteiger partial charge in [-0.15, -0.1) is 17.8 Å². The van der Waals surface area contributed by atoms with Crippen molar-refractivity contribution in [1.82, 2.24) is 9.97 Å². The maximum atomic E-state index is 5.88. The fourth-order valence-electron chi connectivity index (χ4n) is 1.68. The first-order valence-electron chi connectivity index (χ1n) is 6.64. The number of nitrogens with one attached hydrogen (secondary N) is 1. The van der Waals surface area contributed by atoms with Gasteiger partial charge in [0, 0.05) is 11.4 Å². The first-order valence-corrected chi connectivity index (χ1v) is 7.45. The number of terminal acetylenes is 1. The van der Waals surface area contributed by atoms with Crippen molar-refractivity contribution < 1.29 is 4.74 Å². The zero-order valence-corrected chi connectivity index (χ0v) is 13.1. The van der Waals surface area contributed by atoms with Crippen LogP contribution in [0, 0.1) is 19.3 Å². The SMILES string of the molecule is C#CC(C)(C)Oc1nc(NCCC)nc2sc(C)cc12. The molecule has 0 bridgehead atoms. The van der Waals surface area contributed by atoms with E-state index in [9.17, 15) is 0 Å². The Morgan fingerprint density at radius 2 is 2.20 bits per heavy atom. The van der Waals surface area contributed by atoms with E-state index in [0.29, 0.717) is 11.8 Å². The van der Waals surface area contributed by atoms with E-state index < -0.39 is 5.60 Å². The van der Waals surface area contributed by atoms with Gasteiger partial charge in [0.25, 0.3) is 0 Å². The van der Waals surface area contributed by atoms with E-state index in [1.54, 1.807) is 11.3 Å². The predicted octanol–water partition coefficient (Wildman–Crippen LogP) is 3.61. The number of rotatable bonds is 5. The van der Waals surface area contributed by atoms with Gasteiger partial charge in [0.1, 0.15) is 4.83 Å². The normalized spacial score (nSPS) is 11.3. The minimum atomic E-state index is -0.695. The number of aryl methyl sites for hydroxylation is 1. The number of nitrogens with zero attached hydrogens (tertiary/aromatic N) is 2. The Hall–Kier alpha value is -1.80. The second kappa shape index (κ2) is 5.68. The minimum absolute atomic E-state index is 0.543. The van der Waals surface area contributed by atoms with Gasteiger partial charge >= 0.3 is 0 Å². The minimum Gasteiger partial charge on any atom is -0.458 e. The van der Waals surface area contributed by atoms with Crippen LogP contribution < -0.4 is 10.1 Å². The van der Waals surface area contributed by atoms with Gasteiger partial charge in [0.05, 0.1) is 5.39 Å². The number of hydrogen-bond donors (Lipinski definition) is 1. The van der Waals surface area contributed by atoms with Crippen molar-refractivity contribution in [1.29, 1.82) is 0 Å². The molecule has 0 aliphatic heterocycles. The summed E-state index contributed by atoms with van der Waals surface area (Å²) in [5.74, 6) is 3.75. The van der Waals surface area contributed by atoms with Crippen molar-refractivity contribution in [3.63, 3.8) is 0 Å². The number of fused-ring (bicyclic) bond motifs is 1. The Bertz CT molecular complexity index is 655. The molecule has 4 nitrogen and oxygen atoms in total. The van der Waals surface area contributed by atoms with Gasteiger partial charge in [-0.2, -0.15) is 4.98 Å². The highest BCUT2D eigenvalue weighted by Crippen LogP contribution is 2.32. The molecule has 5 heteroatoms. The second-order valence-electron chi connectivity index (χ2n) is 5.11. The third kappa shape index (κ3) is 3.20. The summed E-state index contributed by atoms with van der Waals surface area (Å²) in [6.07, 6.45) is 6.50. The van der Waals surface area contributed by atoms with Gasteiger partial charge in [-0.3, -0.25) is 0 Å². The smallest absolute Gasteiger partial charge is 0.228 e. The number of hydrogen-bond acceptors (Lipinski definition) is 5. The van der Waals surface area contributed by atoms with Crippen LogP contribution in [-0.4, -0.2) is 22.1 Å². The third-order valence-corrected chi connectivity index (χ3v) is 3.66. The van der Waals surface area contributed by atoms with Gasteiger partial charge in [-0.1, -0.05) is 12.8 Å². The molecule has 0 aliphatic rings. The fourth-order valence-corrected chi connectivity index (χ4v) is 2.55. The maximum absolute atomic E-state index is 5.88. The van der Waals surface area contributed by atoms with Crippen molar-refractivity contribution in [2.75, 3.05) is 11.9 Å². The highest BCUT2D eigenvalue weighted by Gasteiger charge is 2.20. The lowest BCUT2D eigenvalue weighted by Gasteiger charge is -2.20. The van der Waals surface area contributed by atoms with Crippen LogP contribution in [0.5, 0.6) is 5.88 Å². The molecular formula is C15H19N3OS. The highest BCUT2D eigenvalue weighted by atomic mass is 32.1. The van der Waals surface area contributed by atoms with E-state index in [-0.39, 0.29) is 0 Å². The Morgan fingerprint density at radius 1 is 1.45 bits per heavy atom. The molecule has 1 N–H and O–H groups in total. The standard InChI is InChI=1S/C15H19N3OS/c1-6-8-16-14-17-12(19-15(4,5)7-2)11-9-10(3)20-13(11)18-14/h2,9H,6,8H2,1,3-5H3,(H,16,17,18). The predicted molar refractivity (Wildman–Crippen MR) is 84.5 cm³/mol. The Kier molecular flexibility index (Phi) is 4.15. The Labute approximate surface area is 123 Å². The van der Waals surface area contributed by atoms with Crippen molar-refractivity contribution in [3.8, 4) is 18.2 Å². The molecule has 0 atom stereocenters. The van der Waals surface area contributed by atoms with Crippen molar-refractivity contribution in [2.24, 2.45) is 0 Å². The summed E-state index contributed by atoms with van der Waals surface area (Å²) in [7, 11) is 0. The molecule has 2 aromatic heterocycles. The van der Waals surface area contributed by atoms with Crippen LogP contribution in [0.1, 0.15) is 32.1 Å². The monoisotopic (exact) mass is 289 g/mol. The summed E-state index contributed by atoms with van der Waals surface area (Å²) >= 11 is 1.62. The summed E-state index contributed by atoms with van der Waals surface area (Å²) in [5, 5.41) is 4.11. The molecule has 0 amide bonds. The molecule has 2 aromatic rings. The van der Waals surface area contributed by atoms with Crippen LogP contribution in [0.2, 0.25) is 0 Å². The number of anilines is 1.